The summed E-state index contributed by atoms with van der Waals surface area (Å²) >= 11 is 4.78. The molecule has 1 heterocycles. The molecule has 0 saturated heterocycles. The molecule has 2 rings (SSSR count). The highest BCUT2D eigenvalue weighted by atomic mass is 79.9. The molecule has 2 aromatic rings. The Morgan fingerprint density at radius 3 is 2.77 bits per heavy atom. The molecule has 0 saturated carbocycles. The first-order valence-electron chi connectivity index (χ1n) is 6.79. The fourth-order valence-electron chi connectivity index (χ4n) is 1.96. The van der Waals surface area contributed by atoms with E-state index < -0.39 is 0 Å². The van der Waals surface area contributed by atoms with Crippen LogP contribution in [0, 0.1) is 11.3 Å². The molecule has 0 spiro atoms. The average molecular weight is 378 g/mol. The summed E-state index contributed by atoms with van der Waals surface area (Å²) in [7, 11) is 1.99. The SMILES string of the molecule is CN(CCC(=O)Nc1sccc1C#N)Cc1ccc(Br)cc1. The van der Waals surface area contributed by atoms with Crippen LogP contribution >= 0.6 is 27.3 Å². The number of carbonyl (C=O) groups is 1. The molecule has 6 heteroatoms. The highest BCUT2D eigenvalue weighted by Gasteiger charge is 2.09. The van der Waals surface area contributed by atoms with Gasteiger partial charge in [-0.15, -0.1) is 11.3 Å². The number of thiophene rings is 1. The van der Waals surface area contributed by atoms with E-state index in [-0.39, 0.29) is 5.91 Å². The second kappa shape index (κ2) is 8.08. The third kappa shape index (κ3) is 4.95. The molecule has 0 unspecified atom stereocenters. The van der Waals surface area contributed by atoms with Crippen molar-refractivity contribution in [2.24, 2.45) is 0 Å². The summed E-state index contributed by atoms with van der Waals surface area (Å²) in [6.07, 6.45) is 0.399. The third-order valence-corrected chi connectivity index (χ3v) is 4.48. The van der Waals surface area contributed by atoms with Crippen molar-refractivity contribution in [2.75, 3.05) is 18.9 Å². The van der Waals surface area contributed by atoms with Gasteiger partial charge in [-0.25, -0.2) is 0 Å². The Bertz CT molecular complexity index is 675. The van der Waals surface area contributed by atoms with Gasteiger partial charge in [0.2, 0.25) is 5.91 Å². The molecular weight excluding hydrogens is 362 g/mol. The van der Waals surface area contributed by atoms with E-state index in [1.165, 1.54) is 16.9 Å². The number of benzene rings is 1. The molecule has 114 valence electrons. The van der Waals surface area contributed by atoms with E-state index in [0.29, 0.717) is 23.5 Å². The van der Waals surface area contributed by atoms with Gasteiger partial charge in [0, 0.05) is 24.0 Å². The van der Waals surface area contributed by atoms with Crippen molar-refractivity contribution in [1.29, 1.82) is 5.26 Å². The summed E-state index contributed by atoms with van der Waals surface area (Å²) in [5.74, 6) is -0.0680. The molecule has 4 nitrogen and oxygen atoms in total. The van der Waals surface area contributed by atoms with Crippen LogP contribution in [0.3, 0.4) is 0 Å². The minimum atomic E-state index is -0.0680. The van der Waals surface area contributed by atoms with Gasteiger partial charge >= 0.3 is 0 Å². The fourth-order valence-corrected chi connectivity index (χ4v) is 2.97. The van der Waals surface area contributed by atoms with Crippen LogP contribution < -0.4 is 5.32 Å². The number of nitrogens with zero attached hydrogens (tertiary/aromatic N) is 2. The Balaban J connectivity index is 1.78. The summed E-state index contributed by atoms with van der Waals surface area (Å²) < 4.78 is 1.06. The number of halogens is 1. The van der Waals surface area contributed by atoms with Crippen molar-refractivity contribution >= 4 is 38.2 Å². The summed E-state index contributed by atoms with van der Waals surface area (Å²) in [5, 5.41) is 14.1. The normalized spacial score (nSPS) is 10.5. The van der Waals surface area contributed by atoms with E-state index in [4.69, 9.17) is 5.26 Å². The first-order valence-corrected chi connectivity index (χ1v) is 8.46. The maximum Gasteiger partial charge on any atom is 0.226 e. The highest BCUT2D eigenvalue weighted by molar-refractivity contribution is 9.10. The molecule has 1 N–H and O–H groups in total. The lowest BCUT2D eigenvalue weighted by Crippen LogP contribution is -2.24. The zero-order chi connectivity index (χ0) is 15.9. The Kier molecular flexibility index (Phi) is 6.13. The molecule has 1 amide bonds. The number of amides is 1. The lowest BCUT2D eigenvalue weighted by atomic mass is 10.2. The number of hydrogen-bond acceptors (Lipinski definition) is 4. The van der Waals surface area contributed by atoms with E-state index in [9.17, 15) is 4.79 Å². The van der Waals surface area contributed by atoms with Crippen molar-refractivity contribution in [3.8, 4) is 6.07 Å². The lowest BCUT2D eigenvalue weighted by molar-refractivity contribution is -0.116. The van der Waals surface area contributed by atoms with Gasteiger partial charge < -0.3 is 10.2 Å². The minimum Gasteiger partial charge on any atom is -0.317 e. The fraction of sp³-hybridized carbons (Fsp3) is 0.250. The molecule has 22 heavy (non-hydrogen) atoms. The number of nitriles is 1. The zero-order valence-corrected chi connectivity index (χ0v) is 14.6. The lowest BCUT2D eigenvalue weighted by Gasteiger charge is -2.16. The van der Waals surface area contributed by atoms with Gasteiger partial charge in [0.15, 0.2) is 0 Å². The summed E-state index contributed by atoms with van der Waals surface area (Å²) in [5.41, 5.74) is 1.72. The van der Waals surface area contributed by atoms with Crippen molar-refractivity contribution in [2.45, 2.75) is 13.0 Å². The van der Waals surface area contributed by atoms with E-state index in [1.54, 1.807) is 11.4 Å². The molecule has 0 aliphatic heterocycles. The molecule has 0 atom stereocenters. The average Bonchev–Trinajstić information content (AvgIpc) is 2.95. The summed E-state index contributed by atoms with van der Waals surface area (Å²) in [4.78, 5) is 14.0. The number of rotatable bonds is 6. The van der Waals surface area contributed by atoms with Crippen LogP contribution in [0.25, 0.3) is 0 Å². The second-order valence-electron chi connectivity index (χ2n) is 4.94. The van der Waals surface area contributed by atoms with E-state index >= 15 is 0 Å². The molecule has 1 aromatic heterocycles. The van der Waals surface area contributed by atoms with Crippen molar-refractivity contribution in [3.63, 3.8) is 0 Å². The van der Waals surface area contributed by atoms with Crippen LogP contribution in [0.4, 0.5) is 5.00 Å². The van der Waals surface area contributed by atoms with Crippen LogP contribution in [0.2, 0.25) is 0 Å². The van der Waals surface area contributed by atoms with Crippen LogP contribution in [0.1, 0.15) is 17.5 Å². The van der Waals surface area contributed by atoms with Gasteiger partial charge in [0.05, 0.1) is 5.56 Å². The van der Waals surface area contributed by atoms with Crippen LogP contribution in [-0.2, 0) is 11.3 Å². The topological polar surface area (TPSA) is 56.1 Å². The van der Waals surface area contributed by atoms with Crippen molar-refractivity contribution in [3.05, 3.63) is 51.3 Å². The Labute approximate surface area is 142 Å². The van der Waals surface area contributed by atoms with E-state index in [2.05, 4.69) is 44.3 Å². The number of hydrogen-bond donors (Lipinski definition) is 1. The minimum absolute atomic E-state index is 0.0680. The molecule has 0 aliphatic rings. The Morgan fingerprint density at radius 2 is 2.09 bits per heavy atom. The molecular formula is C16H16BrN3OS. The predicted octanol–water partition coefficient (Wildman–Crippen LogP) is 3.84. The van der Waals surface area contributed by atoms with Gasteiger partial charge in [-0.1, -0.05) is 28.1 Å². The Morgan fingerprint density at radius 1 is 1.36 bits per heavy atom. The summed E-state index contributed by atoms with van der Waals surface area (Å²) in [6, 6.07) is 11.9. The number of carbonyl (C=O) groups excluding carboxylic acids is 1. The molecule has 0 aliphatic carbocycles. The maximum absolute atomic E-state index is 11.9. The third-order valence-electron chi connectivity index (χ3n) is 3.12. The highest BCUT2D eigenvalue weighted by Crippen LogP contribution is 2.22. The van der Waals surface area contributed by atoms with Crippen molar-refractivity contribution in [1.82, 2.24) is 4.90 Å². The van der Waals surface area contributed by atoms with Crippen LogP contribution in [0.5, 0.6) is 0 Å². The number of nitrogens with one attached hydrogen (secondary N) is 1. The molecule has 1 aromatic carbocycles. The summed E-state index contributed by atoms with van der Waals surface area (Å²) in [6.45, 7) is 1.46. The standard InChI is InChI=1S/C16H16BrN3OS/c1-20(11-12-2-4-14(17)5-3-12)8-6-15(21)19-16-13(10-18)7-9-22-16/h2-5,7,9H,6,8,11H2,1H3,(H,19,21). The van der Waals surface area contributed by atoms with Gasteiger partial charge in [-0.05, 0) is 36.2 Å². The zero-order valence-electron chi connectivity index (χ0n) is 12.2. The van der Waals surface area contributed by atoms with Crippen molar-refractivity contribution < 1.29 is 4.79 Å². The first kappa shape index (κ1) is 16.7. The molecule has 0 radical (unpaired) electrons. The monoisotopic (exact) mass is 377 g/mol. The van der Waals surface area contributed by atoms with Gasteiger partial charge in [0.25, 0.3) is 0 Å². The quantitative estimate of drug-likeness (QED) is 0.831. The maximum atomic E-state index is 11.9. The molecule has 0 fully saturated rings. The van der Waals surface area contributed by atoms with Gasteiger partial charge in [-0.3, -0.25) is 4.79 Å². The van der Waals surface area contributed by atoms with Crippen LogP contribution in [-0.4, -0.2) is 24.4 Å². The van der Waals surface area contributed by atoms with E-state index in [0.717, 1.165) is 11.0 Å². The number of anilines is 1. The van der Waals surface area contributed by atoms with Gasteiger partial charge in [-0.2, -0.15) is 5.26 Å². The Hall–Kier alpha value is -1.68. The second-order valence-corrected chi connectivity index (χ2v) is 6.77. The van der Waals surface area contributed by atoms with E-state index in [1.807, 2.05) is 19.2 Å². The smallest absolute Gasteiger partial charge is 0.226 e. The molecule has 0 bridgehead atoms. The van der Waals surface area contributed by atoms with Gasteiger partial charge in [0.1, 0.15) is 11.1 Å². The van der Waals surface area contributed by atoms with Crippen LogP contribution in [0.15, 0.2) is 40.2 Å². The first-order chi connectivity index (χ1) is 10.6. The predicted molar refractivity (Wildman–Crippen MR) is 92.8 cm³/mol. The largest absolute Gasteiger partial charge is 0.317 e.